The molecule has 0 aliphatic carbocycles. The summed E-state index contributed by atoms with van der Waals surface area (Å²) in [6.45, 7) is 4.65. The highest BCUT2D eigenvalue weighted by atomic mass is 19.4. The average Bonchev–Trinajstić information content (AvgIpc) is 2.42. The van der Waals surface area contributed by atoms with E-state index in [9.17, 15) is 13.2 Å². The van der Waals surface area contributed by atoms with E-state index in [0.29, 0.717) is 12.5 Å². The fourth-order valence-corrected chi connectivity index (χ4v) is 2.08. The third kappa shape index (κ3) is 7.90. The molecule has 0 unspecified atom stereocenters. The number of hydrogen-bond acceptors (Lipinski definition) is 1. The number of nitrogens with zero attached hydrogens (tertiary/aromatic N) is 1. The quantitative estimate of drug-likeness (QED) is 0.624. The van der Waals surface area contributed by atoms with Crippen molar-refractivity contribution in [2.24, 2.45) is 10.4 Å². The molecule has 1 aromatic carbocycles. The van der Waals surface area contributed by atoms with Gasteiger partial charge in [0.25, 0.3) is 0 Å². The first-order valence-electron chi connectivity index (χ1n) is 7.27. The third-order valence-corrected chi connectivity index (χ3v) is 3.18. The van der Waals surface area contributed by atoms with Crippen molar-refractivity contribution in [2.75, 3.05) is 20.1 Å². The standard InChI is InChI=1S/C16H24F3N3/c1-15(2,11-13-7-5-4-6-8-13)12-22-14(20-3)21-10-9-16(17,18)19/h4-8H,9-12H2,1-3H3,(H2,20,21,22). The Morgan fingerprint density at radius 1 is 1.09 bits per heavy atom. The average molecular weight is 315 g/mol. The lowest BCUT2D eigenvalue weighted by Crippen LogP contribution is -2.43. The van der Waals surface area contributed by atoms with Gasteiger partial charge in [-0.05, 0) is 17.4 Å². The van der Waals surface area contributed by atoms with Gasteiger partial charge in [0, 0.05) is 20.1 Å². The van der Waals surface area contributed by atoms with Crippen LogP contribution < -0.4 is 10.6 Å². The number of hydrogen-bond donors (Lipinski definition) is 2. The lowest BCUT2D eigenvalue weighted by molar-refractivity contribution is -0.132. The van der Waals surface area contributed by atoms with Crippen molar-refractivity contribution in [3.05, 3.63) is 35.9 Å². The van der Waals surface area contributed by atoms with Crippen molar-refractivity contribution in [1.82, 2.24) is 10.6 Å². The molecule has 0 fully saturated rings. The molecule has 3 nitrogen and oxygen atoms in total. The molecule has 0 saturated carbocycles. The van der Waals surface area contributed by atoms with Crippen molar-refractivity contribution in [3.8, 4) is 0 Å². The van der Waals surface area contributed by atoms with Gasteiger partial charge in [0.1, 0.15) is 0 Å². The largest absolute Gasteiger partial charge is 0.390 e. The van der Waals surface area contributed by atoms with E-state index in [1.165, 1.54) is 5.56 Å². The van der Waals surface area contributed by atoms with E-state index in [1.54, 1.807) is 7.05 Å². The van der Waals surface area contributed by atoms with Gasteiger partial charge in [-0.25, -0.2) is 0 Å². The number of benzene rings is 1. The summed E-state index contributed by atoms with van der Waals surface area (Å²) in [5.74, 6) is 0.394. The first-order chi connectivity index (χ1) is 10.2. The van der Waals surface area contributed by atoms with E-state index in [2.05, 4.69) is 41.6 Å². The van der Waals surface area contributed by atoms with Crippen molar-refractivity contribution < 1.29 is 13.2 Å². The molecule has 0 aliphatic heterocycles. The molecule has 22 heavy (non-hydrogen) atoms. The van der Waals surface area contributed by atoms with E-state index in [1.807, 2.05) is 18.2 Å². The number of aliphatic imine (C=N–C) groups is 1. The Hall–Kier alpha value is -1.72. The Labute approximate surface area is 130 Å². The van der Waals surface area contributed by atoms with Crippen LogP contribution in [-0.2, 0) is 6.42 Å². The summed E-state index contributed by atoms with van der Waals surface area (Å²) in [4.78, 5) is 3.94. The van der Waals surface area contributed by atoms with E-state index >= 15 is 0 Å². The number of halogens is 3. The van der Waals surface area contributed by atoms with Crippen LogP contribution >= 0.6 is 0 Å². The molecule has 0 heterocycles. The summed E-state index contributed by atoms with van der Waals surface area (Å²) in [7, 11) is 1.55. The summed E-state index contributed by atoms with van der Waals surface area (Å²) in [5, 5.41) is 5.77. The minimum atomic E-state index is -4.15. The topological polar surface area (TPSA) is 36.4 Å². The maximum absolute atomic E-state index is 12.1. The van der Waals surface area contributed by atoms with Crippen molar-refractivity contribution in [3.63, 3.8) is 0 Å². The lowest BCUT2D eigenvalue weighted by Gasteiger charge is -2.26. The van der Waals surface area contributed by atoms with Gasteiger partial charge in [-0.3, -0.25) is 4.99 Å². The molecule has 0 spiro atoms. The van der Waals surface area contributed by atoms with Crippen LogP contribution in [0.5, 0.6) is 0 Å². The van der Waals surface area contributed by atoms with Crippen molar-refractivity contribution >= 4 is 5.96 Å². The Balaban J connectivity index is 2.41. The molecule has 0 saturated heterocycles. The Morgan fingerprint density at radius 3 is 2.27 bits per heavy atom. The molecule has 0 radical (unpaired) electrons. The Kier molecular flexibility index (Phi) is 6.71. The molecular formula is C16H24F3N3. The molecule has 0 bridgehead atoms. The molecular weight excluding hydrogens is 291 g/mol. The van der Waals surface area contributed by atoms with E-state index in [-0.39, 0.29) is 12.0 Å². The summed E-state index contributed by atoms with van der Waals surface area (Å²) >= 11 is 0. The predicted molar refractivity (Wildman–Crippen MR) is 84.0 cm³/mol. The van der Waals surface area contributed by atoms with Gasteiger partial charge in [-0.1, -0.05) is 44.2 Å². The van der Waals surface area contributed by atoms with Crippen LogP contribution in [0.15, 0.2) is 35.3 Å². The predicted octanol–water partition coefficient (Wildman–Crippen LogP) is 3.37. The Bertz CT molecular complexity index is 467. The molecule has 0 aromatic heterocycles. The number of guanidine groups is 1. The van der Waals surface area contributed by atoms with Crippen LogP contribution in [-0.4, -0.2) is 32.3 Å². The first kappa shape index (κ1) is 18.3. The fraction of sp³-hybridized carbons (Fsp3) is 0.562. The summed E-state index contributed by atoms with van der Waals surface area (Å²) in [6, 6.07) is 10.1. The van der Waals surface area contributed by atoms with E-state index in [0.717, 1.165) is 6.42 Å². The molecule has 0 aliphatic rings. The highest BCUT2D eigenvalue weighted by molar-refractivity contribution is 5.79. The van der Waals surface area contributed by atoms with Crippen LogP contribution in [0, 0.1) is 5.41 Å². The van der Waals surface area contributed by atoms with Crippen LogP contribution in [0.25, 0.3) is 0 Å². The van der Waals surface area contributed by atoms with Gasteiger partial charge in [-0.15, -0.1) is 0 Å². The van der Waals surface area contributed by atoms with Crippen LogP contribution in [0.2, 0.25) is 0 Å². The monoisotopic (exact) mass is 315 g/mol. The zero-order chi connectivity index (χ0) is 16.6. The van der Waals surface area contributed by atoms with Crippen molar-refractivity contribution in [2.45, 2.75) is 32.9 Å². The summed E-state index contributed by atoms with van der Waals surface area (Å²) < 4.78 is 36.4. The van der Waals surface area contributed by atoms with Gasteiger partial charge in [0.05, 0.1) is 6.42 Å². The van der Waals surface area contributed by atoms with E-state index < -0.39 is 12.6 Å². The maximum atomic E-state index is 12.1. The van der Waals surface area contributed by atoms with Gasteiger partial charge in [0.2, 0.25) is 0 Å². The minimum Gasteiger partial charge on any atom is -0.356 e. The van der Waals surface area contributed by atoms with E-state index in [4.69, 9.17) is 0 Å². The van der Waals surface area contributed by atoms with Gasteiger partial charge < -0.3 is 10.6 Å². The second kappa shape index (κ2) is 8.06. The van der Waals surface area contributed by atoms with Crippen LogP contribution in [0.4, 0.5) is 13.2 Å². The third-order valence-electron chi connectivity index (χ3n) is 3.18. The second-order valence-electron chi connectivity index (χ2n) is 6.04. The van der Waals surface area contributed by atoms with Gasteiger partial charge in [-0.2, -0.15) is 13.2 Å². The molecule has 1 rings (SSSR count). The van der Waals surface area contributed by atoms with Gasteiger partial charge >= 0.3 is 6.18 Å². The molecule has 1 aromatic rings. The van der Waals surface area contributed by atoms with Gasteiger partial charge in [0.15, 0.2) is 5.96 Å². The molecule has 2 N–H and O–H groups in total. The highest BCUT2D eigenvalue weighted by Gasteiger charge is 2.26. The Morgan fingerprint density at radius 2 is 1.73 bits per heavy atom. The van der Waals surface area contributed by atoms with Crippen LogP contribution in [0.1, 0.15) is 25.8 Å². The molecule has 6 heteroatoms. The SMILES string of the molecule is CN=C(NCCC(F)(F)F)NCC(C)(C)Cc1ccccc1. The summed E-state index contributed by atoms with van der Waals surface area (Å²) in [6.07, 6.45) is -4.15. The maximum Gasteiger partial charge on any atom is 0.390 e. The summed E-state index contributed by atoms with van der Waals surface area (Å²) in [5.41, 5.74) is 1.19. The minimum absolute atomic E-state index is 0.0387. The van der Waals surface area contributed by atoms with Crippen LogP contribution in [0.3, 0.4) is 0 Å². The zero-order valence-corrected chi connectivity index (χ0v) is 13.3. The number of alkyl halides is 3. The fourth-order valence-electron chi connectivity index (χ4n) is 2.08. The lowest BCUT2D eigenvalue weighted by atomic mass is 9.86. The molecule has 0 amide bonds. The zero-order valence-electron chi connectivity index (χ0n) is 13.3. The molecule has 0 atom stereocenters. The molecule has 124 valence electrons. The smallest absolute Gasteiger partial charge is 0.356 e. The number of rotatable bonds is 6. The highest BCUT2D eigenvalue weighted by Crippen LogP contribution is 2.21. The second-order valence-corrected chi connectivity index (χ2v) is 6.04. The van der Waals surface area contributed by atoms with Crippen molar-refractivity contribution in [1.29, 1.82) is 0 Å². The number of nitrogens with one attached hydrogen (secondary N) is 2. The first-order valence-corrected chi connectivity index (χ1v) is 7.27. The normalized spacial score (nSPS) is 13.1.